The summed E-state index contributed by atoms with van der Waals surface area (Å²) >= 11 is 0. The maximum absolute atomic E-state index is 11.9. The molecule has 1 aliphatic heterocycles. The molecule has 1 aromatic carbocycles. The van der Waals surface area contributed by atoms with Crippen LogP contribution in [0.25, 0.3) is 0 Å². The molecular weight excluding hydrogens is 238 g/mol. The first-order valence-corrected chi connectivity index (χ1v) is 6.94. The minimum Gasteiger partial charge on any atom is -0.352 e. The summed E-state index contributed by atoms with van der Waals surface area (Å²) in [7, 11) is 2.09. The molecule has 1 amide bonds. The molecule has 1 fully saturated rings. The summed E-state index contributed by atoms with van der Waals surface area (Å²) in [6, 6.07) is 8.46. The molecule has 0 saturated carbocycles. The van der Waals surface area contributed by atoms with E-state index in [0.717, 1.165) is 24.1 Å². The smallest absolute Gasteiger partial charge is 0.221 e. The van der Waals surface area contributed by atoms with Crippen LogP contribution in [0.5, 0.6) is 0 Å². The van der Waals surface area contributed by atoms with Crippen molar-refractivity contribution in [2.75, 3.05) is 13.6 Å². The van der Waals surface area contributed by atoms with E-state index in [2.05, 4.69) is 17.3 Å². The number of hydrogen-bond acceptors (Lipinski definition) is 3. The summed E-state index contributed by atoms with van der Waals surface area (Å²) in [4.78, 5) is 14.2. The minimum absolute atomic E-state index is 0.140. The summed E-state index contributed by atoms with van der Waals surface area (Å²) < 4.78 is 0. The van der Waals surface area contributed by atoms with Gasteiger partial charge in [0, 0.05) is 25.6 Å². The number of nitrogens with zero attached hydrogens (tertiary/aromatic N) is 1. The van der Waals surface area contributed by atoms with Gasteiger partial charge in [0.05, 0.1) is 0 Å². The number of amides is 1. The van der Waals surface area contributed by atoms with Crippen molar-refractivity contribution in [1.82, 2.24) is 10.2 Å². The van der Waals surface area contributed by atoms with Crippen molar-refractivity contribution >= 4 is 5.91 Å². The molecule has 104 valence electrons. The van der Waals surface area contributed by atoms with Crippen molar-refractivity contribution in [3.05, 3.63) is 35.4 Å². The zero-order chi connectivity index (χ0) is 13.7. The molecule has 1 saturated heterocycles. The molecule has 0 bridgehead atoms. The fourth-order valence-corrected chi connectivity index (χ4v) is 2.52. The van der Waals surface area contributed by atoms with Gasteiger partial charge in [-0.1, -0.05) is 24.3 Å². The molecule has 1 aliphatic rings. The number of benzene rings is 1. The SMILES string of the molecule is CN1CCCC1CC(=O)NCc1ccc(CN)cc1. The number of nitrogens with one attached hydrogen (secondary N) is 1. The van der Waals surface area contributed by atoms with E-state index in [9.17, 15) is 4.79 Å². The van der Waals surface area contributed by atoms with Crippen LogP contribution in [0.4, 0.5) is 0 Å². The van der Waals surface area contributed by atoms with E-state index in [1.54, 1.807) is 0 Å². The van der Waals surface area contributed by atoms with Gasteiger partial charge in [-0.15, -0.1) is 0 Å². The lowest BCUT2D eigenvalue weighted by atomic mass is 10.1. The summed E-state index contributed by atoms with van der Waals surface area (Å²) in [5.74, 6) is 0.140. The van der Waals surface area contributed by atoms with Crippen LogP contribution in [0.3, 0.4) is 0 Å². The van der Waals surface area contributed by atoms with Crippen molar-refractivity contribution in [3.63, 3.8) is 0 Å². The molecule has 0 spiro atoms. The van der Waals surface area contributed by atoms with Crippen LogP contribution >= 0.6 is 0 Å². The molecule has 3 N–H and O–H groups in total. The first-order chi connectivity index (χ1) is 9.19. The Kier molecular flexibility index (Phi) is 4.93. The van der Waals surface area contributed by atoms with Crippen molar-refractivity contribution in [2.24, 2.45) is 5.73 Å². The van der Waals surface area contributed by atoms with Gasteiger partial charge in [-0.05, 0) is 37.6 Å². The van der Waals surface area contributed by atoms with Gasteiger partial charge in [0.25, 0.3) is 0 Å². The number of carbonyl (C=O) groups is 1. The van der Waals surface area contributed by atoms with Crippen LogP contribution in [0.2, 0.25) is 0 Å². The van der Waals surface area contributed by atoms with Gasteiger partial charge in [0.15, 0.2) is 0 Å². The summed E-state index contributed by atoms with van der Waals surface area (Å²) in [5.41, 5.74) is 7.78. The average Bonchev–Trinajstić information content (AvgIpc) is 2.82. The van der Waals surface area contributed by atoms with E-state index < -0.39 is 0 Å². The Morgan fingerprint density at radius 1 is 1.37 bits per heavy atom. The van der Waals surface area contributed by atoms with Gasteiger partial charge < -0.3 is 16.0 Å². The van der Waals surface area contributed by atoms with E-state index in [1.807, 2.05) is 24.3 Å². The highest BCUT2D eigenvalue weighted by Crippen LogP contribution is 2.17. The number of likely N-dealkylation sites (tertiary alicyclic amines) is 1. The highest BCUT2D eigenvalue weighted by Gasteiger charge is 2.23. The van der Waals surface area contributed by atoms with Gasteiger partial charge in [-0.25, -0.2) is 0 Å². The molecule has 2 rings (SSSR count). The first-order valence-electron chi connectivity index (χ1n) is 6.94. The normalized spacial score (nSPS) is 19.6. The number of hydrogen-bond donors (Lipinski definition) is 2. The van der Waals surface area contributed by atoms with E-state index >= 15 is 0 Å². The van der Waals surface area contributed by atoms with Crippen molar-refractivity contribution in [2.45, 2.75) is 38.4 Å². The van der Waals surface area contributed by atoms with E-state index in [0.29, 0.717) is 25.6 Å². The molecule has 19 heavy (non-hydrogen) atoms. The molecule has 0 radical (unpaired) electrons. The second-order valence-corrected chi connectivity index (χ2v) is 5.28. The highest BCUT2D eigenvalue weighted by molar-refractivity contribution is 5.76. The van der Waals surface area contributed by atoms with Crippen molar-refractivity contribution < 1.29 is 4.79 Å². The third-order valence-corrected chi connectivity index (χ3v) is 3.84. The minimum atomic E-state index is 0.140. The second-order valence-electron chi connectivity index (χ2n) is 5.28. The van der Waals surface area contributed by atoms with Gasteiger partial charge in [-0.3, -0.25) is 4.79 Å². The molecular formula is C15H23N3O. The molecule has 4 heteroatoms. The molecule has 1 atom stereocenters. The Labute approximate surface area is 115 Å². The molecule has 1 aromatic rings. The fourth-order valence-electron chi connectivity index (χ4n) is 2.52. The first kappa shape index (κ1) is 14.0. The average molecular weight is 261 g/mol. The Morgan fingerprint density at radius 2 is 2.05 bits per heavy atom. The highest BCUT2D eigenvalue weighted by atomic mass is 16.1. The van der Waals surface area contributed by atoms with E-state index in [4.69, 9.17) is 5.73 Å². The predicted molar refractivity (Wildman–Crippen MR) is 76.4 cm³/mol. The third-order valence-electron chi connectivity index (χ3n) is 3.84. The van der Waals surface area contributed by atoms with Crippen LogP contribution < -0.4 is 11.1 Å². The van der Waals surface area contributed by atoms with Crippen molar-refractivity contribution in [3.8, 4) is 0 Å². The monoisotopic (exact) mass is 261 g/mol. The zero-order valence-electron chi connectivity index (χ0n) is 11.6. The maximum atomic E-state index is 11.9. The maximum Gasteiger partial charge on any atom is 0.221 e. The topological polar surface area (TPSA) is 58.4 Å². The molecule has 1 unspecified atom stereocenters. The summed E-state index contributed by atoms with van der Waals surface area (Å²) in [6.45, 7) is 2.26. The lowest BCUT2D eigenvalue weighted by molar-refractivity contribution is -0.122. The van der Waals surface area contributed by atoms with Gasteiger partial charge in [0.2, 0.25) is 5.91 Å². The molecule has 0 aliphatic carbocycles. The fraction of sp³-hybridized carbons (Fsp3) is 0.533. The Bertz CT molecular complexity index is 416. The molecule has 0 aromatic heterocycles. The Morgan fingerprint density at radius 3 is 2.63 bits per heavy atom. The van der Waals surface area contributed by atoms with Gasteiger partial charge in [-0.2, -0.15) is 0 Å². The van der Waals surface area contributed by atoms with Crippen LogP contribution in [0, 0.1) is 0 Å². The lowest BCUT2D eigenvalue weighted by Crippen LogP contribution is -2.32. The van der Waals surface area contributed by atoms with Gasteiger partial charge >= 0.3 is 0 Å². The quantitative estimate of drug-likeness (QED) is 0.838. The van der Waals surface area contributed by atoms with Crippen molar-refractivity contribution in [1.29, 1.82) is 0 Å². The van der Waals surface area contributed by atoms with Gasteiger partial charge in [0.1, 0.15) is 0 Å². The molecule has 1 heterocycles. The number of nitrogens with two attached hydrogens (primary N) is 1. The summed E-state index contributed by atoms with van der Waals surface area (Å²) in [5, 5.41) is 2.99. The Hall–Kier alpha value is -1.39. The summed E-state index contributed by atoms with van der Waals surface area (Å²) in [6.07, 6.45) is 2.95. The van der Waals surface area contributed by atoms with Crippen LogP contribution in [-0.4, -0.2) is 30.4 Å². The standard InChI is InChI=1S/C15H23N3O/c1-18-8-2-3-14(18)9-15(19)17-11-13-6-4-12(10-16)5-7-13/h4-7,14H,2-3,8-11,16H2,1H3,(H,17,19). The van der Waals surface area contributed by atoms with E-state index in [-0.39, 0.29) is 5.91 Å². The molecule has 4 nitrogen and oxygen atoms in total. The Balaban J connectivity index is 1.76. The predicted octanol–water partition coefficient (Wildman–Crippen LogP) is 1.25. The number of rotatable bonds is 5. The number of carbonyl (C=O) groups excluding carboxylic acids is 1. The van der Waals surface area contributed by atoms with Crippen LogP contribution in [-0.2, 0) is 17.9 Å². The largest absolute Gasteiger partial charge is 0.352 e. The lowest BCUT2D eigenvalue weighted by Gasteiger charge is -2.18. The zero-order valence-corrected chi connectivity index (χ0v) is 11.6. The van der Waals surface area contributed by atoms with E-state index in [1.165, 1.54) is 6.42 Å². The van der Waals surface area contributed by atoms with Crippen LogP contribution in [0.15, 0.2) is 24.3 Å². The van der Waals surface area contributed by atoms with Crippen LogP contribution in [0.1, 0.15) is 30.4 Å². The third kappa shape index (κ3) is 4.04. The second kappa shape index (κ2) is 6.68.